The van der Waals surface area contributed by atoms with Gasteiger partial charge in [0.1, 0.15) is 4.88 Å². The van der Waals surface area contributed by atoms with Crippen LogP contribution in [0.1, 0.15) is 54.0 Å². The molecule has 0 unspecified atom stereocenters. The number of anilines is 1. The van der Waals surface area contributed by atoms with Gasteiger partial charge in [-0.3, -0.25) is 9.69 Å². The minimum atomic E-state index is -0.417. The molecule has 0 fully saturated rings. The van der Waals surface area contributed by atoms with Crippen molar-refractivity contribution in [3.8, 4) is 17.2 Å². The predicted octanol–water partition coefficient (Wildman–Crippen LogP) is 4.42. The monoisotopic (exact) mass is 464 g/mol. The van der Waals surface area contributed by atoms with Gasteiger partial charge in [-0.15, -0.1) is 0 Å². The summed E-state index contributed by atoms with van der Waals surface area (Å²) in [7, 11) is 4.61. The Morgan fingerprint density at radius 1 is 1.03 bits per heavy atom. The average Bonchev–Trinajstić information content (AvgIpc) is 3.17. The Bertz CT molecular complexity index is 902. The van der Waals surface area contributed by atoms with E-state index < -0.39 is 5.97 Å². The molecule has 2 rings (SSSR count). The van der Waals surface area contributed by atoms with Gasteiger partial charge in [-0.05, 0) is 38.0 Å². The van der Waals surface area contributed by atoms with Gasteiger partial charge < -0.3 is 18.9 Å². The van der Waals surface area contributed by atoms with Crippen molar-refractivity contribution in [2.24, 2.45) is 0 Å². The third-order valence-electron chi connectivity index (χ3n) is 4.84. The zero-order chi connectivity index (χ0) is 23.7. The lowest BCUT2D eigenvalue weighted by molar-refractivity contribution is -0.118. The SMILES string of the molecule is CCCCCN(C(=O)Cc1cc(OC)c(OC)c(OC)c1)c1nc(C)c(C(=O)OCC)s1. The van der Waals surface area contributed by atoms with Crippen molar-refractivity contribution in [2.75, 3.05) is 39.4 Å². The van der Waals surface area contributed by atoms with Crippen LogP contribution in [0.5, 0.6) is 17.2 Å². The maximum absolute atomic E-state index is 13.3. The number of unbranched alkanes of at least 4 members (excludes halogenated alkanes) is 2. The molecule has 0 saturated heterocycles. The van der Waals surface area contributed by atoms with E-state index >= 15 is 0 Å². The molecule has 1 heterocycles. The molecule has 176 valence electrons. The molecular weight excluding hydrogens is 432 g/mol. The van der Waals surface area contributed by atoms with Crippen LogP contribution in [0.4, 0.5) is 5.13 Å². The van der Waals surface area contributed by atoms with Gasteiger partial charge in [-0.25, -0.2) is 9.78 Å². The smallest absolute Gasteiger partial charge is 0.350 e. The van der Waals surface area contributed by atoms with E-state index in [0.29, 0.717) is 39.5 Å². The Hall–Kier alpha value is -2.81. The molecule has 2 aromatic rings. The lowest BCUT2D eigenvalue weighted by Crippen LogP contribution is -2.33. The van der Waals surface area contributed by atoms with E-state index in [0.717, 1.165) is 24.8 Å². The number of amides is 1. The number of aryl methyl sites for hydroxylation is 1. The first kappa shape index (κ1) is 25.5. The van der Waals surface area contributed by atoms with E-state index in [1.807, 2.05) is 0 Å². The van der Waals surface area contributed by atoms with Crippen molar-refractivity contribution in [1.29, 1.82) is 0 Å². The maximum Gasteiger partial charge on any atom is 0.350 e. The zero-order valence-electron chi connectivity index (χ0n) is 19.6. The summed E-state index contributed by atoms with van der Waals surface area (Å²) in [5.74, 6) is 0.906. The van der Waals surface area contributed by atoms with Crippen LogP contribution in [-0.4, -0.2) is 51.3 Å². The van der Waals surface area contributed by atoms with Crippen LogP contribution in [0.15, 0.2) is 12.1 Å². The lowest BCUT2D eigenvalue weighted by Gasteiger charge is -2.21. The van der Waals surface area contributed by atoms with Crippen molar-refractivity contribution in [3.05, 3.63) is 28.3 Å². The van der Waals surface area contributed by atoms with Crippen molar-refractivity contribution in [1.82, 2.24) is 4.98 Å². The summed E-state index contributed by atoms with van der Waals surface area (Å²) < 4.78 is 21.3. The number of benzene rings is 1. The fourth-order valence-electron chi connectivity index (χ4n) is 3.24. The number of thiazole rings is 1. The highest BCUT2D eigenvalue weighted by atomic mass is 32.1. The van der Waals surface area contributed by atoms with Crippen LogP contribution in [0.2, 0.25) is 0 Å². The van der Waals surface area contributed by atoms with Gasteiger partial charge in [0.25, 0.3) is 0 Å². The summed E-state index contributed by atoms with van der Waals surface area (Å²) >= 11 is 1.18. The Morgan fingerprint density at radius 2 is 1.69 bits per heavy atom. The molecule has 0 spiro atoms. The number of esters is 1. The summed E-state index contributed by atoms with van der Waals surface area (Å²) in [5, 5.41) is 0.499. The fraction of sp³-hybridized carbons (Fsp3) is 0.522. The van der Waals surface area contributed by atoms with Crippen LogP contribution in [-0.2, 0) is 16.0 Å². The van der Waals surface area contributed by atoms with E-state index in [-0.39, 0.29) is 18.9 Å². The molecule has 0 aliphatic heterocycles. The minimum Gasteiger partial charge on any atom is -0.493 e. The Labute approximate surface area is 193 Å². The standard InChI is InChI=1S/C23H32N2O6S/c1-7-9-10-11-25(23-24-15(3)21(32-23)22(27)31-8-2)19(26)14-16-12-17(28-4)20(30-6)18(13-16)29-5/h12-13H,7-11,14H2,1-6H3. The maximum atomic E-state index is 13.3. The van der Waals surface area contributed by atoms with Gasteiger partial charge in [0.2, 0.25) is 11.7 Å². The predicted molar refractivity (Wildman–Crippen MR) is 124 cm³/mol. The van der Waals surface area contributed by atoms with Gasteiger partial charge >= 0.3 is 5.97 Å². The third kappa shape index (κ3) is 6.12. The van der Waals surface area contributed by atoms with E-state index in [1.165, 1.54) is 32.7 Å². The van der Waals surface area contributed by atoms with Crippen molar-refractivity contribution >= 4 is 28.3 Å². The van der Waals surface area contributed by atoms with Gasteiger partial charge in [-0.2, -0.15) is 0 Å². The van der Waals surface area contributed by atoms with Crippen molar-refractivity contribution in [2.45, 2.75) is 46.5 Å². The first-order valence-electron chi connectivity index (χ1n) is 10.6. The molecule has 0 aliphatic carbocycles. The minimum absolute atomic E-state index is 0.121. The molecular formula is C23H32N2O6S. The highest BCUT2D eigenvalue weighted by molar-refractivity contribution is 7.17. The Morgan fingerprint density at radius 3 is 2.22 bits per heavy atom. The van der Waals surface area contributed by atoms with E-state index in [4.69, 9.17) is 18.9 Å². The molecule has 0 atom stereocenters. The van der Waals surface area contributed by atoms with Crippen LogP contribution < -0.4 is 19.1 Å². The number of methoxy groups -OCH3 is 3. The quantitative estimate of drug-likeness (QED) is 0.339. The summed E-state index contributed by atoms with van der Waals surface area (Å²) in [5.41, 5.74) is 1.29. The summed E-state index contributed by atoms with van der Waals surface area (Å²) in [4.78, 5) is 32.1. The summed E-state index contributed by atoms with van der Waals surface area (Å²) in [6.07, 6.45) is 2.98. The summed E-state index contributed by atoms with van der Waals surface area (Å²) in [6, 6.07) is 3.53. The van der Waals surface area contributed by atoms with Crippen LogP contribution in [0.25, 0.3) is 0 Å². The highest BCUT2D eigenvalue weighted by Gasteiger charge is 2.24. The summed E-state index contributed by atoms with van der Waals surface area (Å²) in [6.45, 7) is 6.42. The number of aromatic nitrogens is 1. The topological polar surface area (TPSA) is 87.2 Å². The largest absolute Gasteiger partial charge is 0.493 e. The molecule has 32 heavy (non-hydrogen) atoms. The molecule has 8 nitrogen and oxygen atoms in total. The molecule has 0 bridgehead atoms. The second-order valence-corrected chi connectivity index (χ2v) is 8.07. The van der Waals surface area contributed by atoms with Gasteiger partial charge in [0.05, 0.1) is 40.1 Å². The van der Waals surface area contributed by atoms with Crippen LogP contribution in [0.3, 0.4) is 0 Å². The number of rotatable bonds is 12. The average molecular weight is 465 g/mol. The second kappa shape index (κ2) is 12.3. The number of nitrogens with zero attached hydrogens (tertiary/aromatic N) is 2. The normalized spacial score (nSPS) is 10.6. The van der Waals surface area contributed by atoms with Crippen molar-refractivity contribution in [3.63, 3.8) is 0 Å². The van der Waals surface area contributed by atoms with Crippen LogP contribution >= 0.6 is 11.3 Å². The molecule has 0 N–H and O–H groups in total. The van der Waals surface area contributed by atoms with Gasteiger partial charge in [-0.1, -0.05) is 31.1 Å². The molecule has 1 amide bonds. The number of carbonyl (C=O) groups excluding carboxylic acids is 2. The number of hydrogen-bond acceptors (Lipinski definition) is 8. The molecule has 1 aromatic heterocycles. The van der Waals surface area contributed by atoms with E-state index in [1.54, 1.807) is 30.9 Å². The fourth-order valence-corrected chi connectivity index (χ4v) is 4.24. The Kier molecular flexibility index (Phi) is 9.77. The Balaban J connectivity index is 2.35. The number of ether oxygens (including phenoxy) is 4. The lowest BCUT2D eigenvalue weighted by atomic mass is 10.1. The van der Waals surface area contributed by atoms with Crippen molar-refractivity contribution < 1.29 is 28.5 Å². The number of carbonyl (C=O) groups is 2. The second-order valence-electron chi connectivity index (χ2n) is 7.09. The van der Waals surface area contributed by atoms with Crippen LogP contribution in [0, 0.1) is 6.92 Å². The molecule has 0 saturated carbocycles. The van der Waals surface area contributed by atoms with E-state index in [2.05, 4.69) is 11.9 Å². The molecule has 1 aromatic carbocycles. The third-order valence-corrected chi connectivity index (χ3v) is 6.00. The first-order valence-corrected chi connectivity index (χ1v) is 11.4. The molecule has 0 radical (unpaired) electrons. The number of hydrogen-bond donors (Lipinski definition) is 0. The zero-order valence-corrected chi connectivity index (χ0v) is 20.5. The van der Waals surface area contributed by atoms with Gasteiger partial charge in [0.15, 0.2) is 16.6 Å². The highest BCUT2D eigenvalue weighted by Crippen LogP contribution is 2.38. The molecule has 9 heteroatoms. The first-order chi connectivity index (χ1) is 15.4. The van der Waals surface area contributed by atoms with E-state index in [9.17, 15) is 9.59 Å². The van der Waals surface area contributed by atoms with Gasteiger partial charge in [0, 0.05) is 6.54 Å². The molecule has 0 aliphatic rings.